The lowest BCUT2D eigenvalue weighted by atomic mass is 10.0. The van der Waals surface area contributed by atoms with E-state index in [2.05, 4.69) is 39.5 Å². The van der Waals surface area contributed by atoms with E-state index in [0.29, 0.717) is 17.9 Å². The van der Waals surface area contributed by atoms with Crippen molar-refractivity contribution in [2.45, 2.75) is 13.5 Å². The third-order valence-corrected chi connectivity index (χ3v) is 5.72. The van der Waals surface area contributed by atoms with E-state index in [0.717, 1.165) is 59.8 Å². The first-order chi connectivity index (χ1) is 14.7. The number of anilines is 2. The van der Waals surface area contributed by atoms with Crippen LogP contribution in [0.25, 0.3) is 16.7 Å². The average molecular weight is 398 g/mol. The maximum Gasteiger partial charge on any atom is 0.236 e. The van der Waals surface area contributed by atoms with Crippen LogP contribution in [0.1, 0.15) is 16.7 Å². The van der Waals surface area contributed by atoms with E-state index in [9.17, 15) is 5.26 Å². The Hall–Kier alpha value is -3.63. The van der Waals surface area contributed by atoms with Crippen molar-refractivity contribution in [3.63, 3.8) is 0 Å². The van der Waals surface area contributed by atoms with Gasteiger partial charge in [0.05, 0.1) is 30.4 Å². The molecule has 0 spiro atoms. The Morgan fingerprint density at radius 3 is 2.90 bits per heavy atom. The topological polar surface area (TPSA) is 78.5 Å². The van der Waals surface area contributed by atoms with Gasteiger partial charge in [-0.05, 0) is 42.3 Å². The predicted molar refractivity (Wildman–Crippen MR) is 117 cm³/mol. The summed E-state index contributed by atoms with van der Waals surface area (Å²) in [6, 6.07) is 14.5. The lowest BCUT2D eigenvalue weighted by molar-refractivity contribution is 0.122. The number of rotatable bonds is 4. The smallest absolute Gasteiger partial charge is 0.236 e. The molecule has 1 aliphatic rings. The van der Waals surface area contributed by atoms with Gasteiger partial charge >= 0.3 is 0 Å². The standard InChI is InChI=1S/C23H22N6O/c1-16-17(14-24)3-2-4-18(16)15-26-22-20-13-19(28-9-11-30-12-10-28)5-6-21(20)29-8-7-25-23(29)27-22/h2-8,13H,9-12,15H2,1H3,(H,25,26,27). The van der Waals surface area contributed by atoms with Crippen molar-refractivity contribution in [2.24, 2.45) is 0 Å². The summed E-state index contributed by atoms with van der Waals surface area (Å²) in [5.41, 5.74) is 4.99. The summed E-state index contributed by atoms with van der Waals surface area (Å²) in [6.45, 7) is 5.83. The van der Waals surface area contributed by atoms with Gasteiger partial charge in [0.2, 0.25) is 5.78 Å². The second kappa shape index (κ2) is 7.65. The van der Waals surface area contributed by atoms with E-state index in [-0.39, 0.29) is 0 Å². The number of hydrogen-bond acceptors (Lipinski definition) is 6. The molecule has 2 aromatic carbocycles. The number of imidazole rings is 1. The van der Waals surface area contributed by atoms with Gasteiger partial charge in [0.15, 0.2) is 0 Å². The first kappa shape index (κ1) is 18.4. The van der Waals surface area contributed by atoms with Crippen LogP contribution in [0.3, 0.4) is 0 Å². The fourth-order valence-electron chi connectivity index (χ4n) is 3.98. The van der Waals surface area contributed by atoms with E-state index in [1.54, 1.807) is 6.20 Å². The molecule has 150 valence electrons. The van der Waals surface area contributed by atoms with Crippen LogP contribution in [0, 0.1) is 18.3 Å². The Bertz CT molecular complexity index is 1270. The number of aromatic nitrogens is 3. The van der Waals surface area contributed by atoms with E-state index in [4.69, 9.17) is 9.72 Å². The van der Waals surface area contributed by atoms with Gasteiger partial charge in [-0.2, -0.15) is 10.2 Å². The summed E-state index contributed by atoms with van der Waals surface area (Å²) >= 11 is 0. The van der Waals surface area contributed by atoms with Gasteiger partial charge < -0.3 is 15.0 Å². The monoisotopic (exact) mass is 398 g/mol. The first-order valence-corrected chi connectivity index (χ1v) is 10.1. The highest BCUT2D eigenvalue weighted by molar-refractivity contribution is 5.93. The predicted octanol–water partition coefficient (Wildman–Crippen LogP) is 3.51. The van der Waals surface area contributed by atoms with Gasteiger partial charge in [0, 0.05) is 43.1 Å². The van der Waals surface area contributed by atoms with Crippen molar-refractivity contribution < 1.29 is 4.74 Å². The van der Waals surface area contributed by atoms with E-state index in [1.165, 1.54) is 0 Å². The lowest BCUT2D eigenvalue weighted by Crippen LogP contribution is -2.36. The van der Waals surface area contributed by atoms with Crippen LogP contribution in [0.4, 0.5) is 11.5 Å². The number of benzene rings is 2. The number of morpholine rings is 1. The average Bonchev–Trinajstić information content (AvgIpc) is 3.27. The van der Waals surface area contributed by atoms with Crippen LogP contribution < -0.4 is 10.2 Å². The largest absolute Gasteiger partial charge is 0.378 e. The minimum Gasteiger partial charge on any atom is -0.378 e. The molecule has 4 aromatic rings. The van der Waals surface area contributed by atoms with E-state index in [1.807, 2.05) is 35.7 Å². The Morgan fingerprint density at radius 1 is 1.20 bits per heavy atom. The molecule has 3 heterocycles. The Balaban J connectivity index is 1.56. The summed E-state index contributed by atoms with van der Waals surface area (Å²) in [6.07, 6.45) is 3.70. The van der Waals surface area contributed by atoms with Crippen LogP contribution in [-0.4, -0.2) is 40.7 Å². The molecule has 0 unspecified atom stereocenters. The van der Waals surface area contributed by atoms with E-state index >= 15 is 0 Å². The van der Waals surface area contributed by atoms with Crippen LogP contribution >= 0.6 is 0 Å². The van der Waals surface area contributed by atoms with Crippen LogP contribution in [-0.2, 0) is 11.3 Å². The molecular weight excluding hydrogens is 376 g/mol. The number of ether oxygens (including phenoxy) is 1. The quantitative estimate of drug-likeness (QED) is 0.567. The molecule has 0 saturated carbocycles. The molecule has 30 heavy (non-hydrogen) atoms. The zero-order valence-electron chi connectivity index (χ0n) is 16.8. The van der Waals surface area contributed by atoms with Crippen molar-refractivity contribution in [1.82, 2.24) is 14.4 Å². The Morgan fingerprint density at radius 2 is 2.07 bits per heavy atom. The zero-order chi connectivity index (χ0) is 20.5. The minimum absolute atomic E-state index is 0.585. The fourth-order valence-corrected chi connectivity index (χ4v) is 3.98. The zero-order valence-corrected chi connectivity index (χ0v) is 16.8. The van der Waals surface area contributed by atoms with Gasteiger partial charge in [-0.15, -0.1) is 0 Å². The summed E-state index contributed by atoms with van der Waals surface area (Å²) in [4.78, 5) is 11.5. The molecule has 0 radical (unpaired) electrons. The van der Waals surface area contributed by atoms with Crippen LogP contribution in [0.2, 0.25) is 0 Å². The van der Waals surface area contributed by atoms with Crippen molar-refractivity contribution in [1.29, 1.82) is 5.26 Å². The lowest BCUT2D eigenvalue weighted by Gasteiger charge is -2.29. The molecule has 0 atom stereocenters. The minimum atomic E-state index is 0.585. The second-order valence-corrected chi connectivity index (χ2v) is 7.41. The number of fused-ring (bicyclic) bond motifs is 3. The summed E-state index contributed by atoms with van der Waals surface area (Å²) in [7, 11) is 0. The molecule has 1 N–H and O–H groups in total. The fraction of sp³-hybridized carbons (Fsp3) is 0.261. The van der Waals surface area contributed by atoms with Gasteiger partial charge in [0.1, 0.15) is 5.82 Å². The molecule has 1 saturated heterocycles. The molecule has 0 aliphatic carbocycles. The third-order valence-electron chi connectivity index (χ3n) is 5.72. The van der Waals surface area contributed by atoms with Crippen molar-refractivity contribution in [3.8, 4) is 6.07 Å². The van der Waals surface area contributed by atoms with Crippen molar-refractivity contribution in [2.75, 3.05) is 36.5 Å². The van der Waals surface area contributed by atoms with Crippen LogP contribution in [0.15, 0.2) is 48.8 Å². The molecule has 5 rings (SSSR count). The highest BCUT2D eigenvalue weighted by Crippen LogP contribution is 2.29. The maximum absolute atomic E-state index is 9.31. The molecule has 7 nitrogen and oxygen atoms in total. The molecule has 1 aliphatic heterocycles. The summed E-state index contributed by atoms with van der Waals surface area (Å²) in [5, 5.41) is 13.8. The van der Waals surface area contributed by atoms with Gasteiger partial charge in [-0.1, -0.05) is 12.1 Å². The summed E-state index contributed by atoms with van der Waals surface area (Å²) < 4.78 is 7.50. The second-order valence-electron chi connectivity index (χ2n) is 7.41. The normalized spacial score (nSPS) is 14.2. The van der Waals surface area contributed by atoms with Crippen LogP contribution in [0.5, 0.6) is 0 Å². The van der Waals surface area contributed by atoms with Gasteiger partial charge in [-0.3, -0.25) is 4.40 Å². The third kappa shape index (κ3) is 3.21. The molecule has 7 heteroatoms. The number of nitriles is 1. The van der Waals surface area contributed by atoms with Crippen molar-refractivity contribution >= 4 is 28.2 Å². The number of nitrogens with zero attached hydrogens (tertiary/aromatic N) is 5. The summed E-state index contributed by atoms with van der Waals surface area (Å²) in [5.74, 6) is 1.45. The van der Waals surface area contributed by atoms with Crippen molar-refractivity contribution in [3.05, 3.63) is 65.5 Å². The SMILES string of the molecule is Cc1c(C#N)cccc1CNc1nc2nccn2c2ccc(N3CCOCC3)cc12. The molecule has 2 aromatic heterocycles. The Kier molecular flexibility index (Phi) is 4.69. The van der Waals surface area contributed by atoms with E-state index < -0.39 is 0 Å². The highest BCUT2D eigenvalue weighted by atomic mass is 16.5. The molecule has 1 fully saturated rings. The molecule has 0 amide bonds. The maximum atomic E-state index is 9.31. The number of nitrogens with one attached hydrogen (secondary N) is 1. The highest BCUT2D eigenvalue weighted by Gasteiger charge is 2.15. The first-order valence-electron chi connectivity index (χ1n) is 10.1. The van der Waals surface area contributed by atoms with Gasteiger partial charge in [-0.25, -0.2) is 4.98 Å². The molecule has 0 bridgehead atoms. The Labute approximate surface area is 174 Å². The van der Waals surface area contributed by atoms with Gasteiger partial charge in [0.25, 0.3) is 0 Å². The number of hydrogen-bond donors (Lipinski definition) is 1. The molecular formula is C23H22N6O.